The zero-order chi connectivity index (χ0) is 12.8. The summed E-state index contributed by atoms with van der Waals surface area (Å²) in [5.41, 5.74) is 1.33. The van der Waals surface area contributed by atoms with Gasteiger partial charge in [-0.3, -0.25) is 4.90 Å². The molecular weight excluding hydrogens is 215 g/mol. The Bertz CT molecular complexity index is 405. The molecule has 0 aromatic heterocycles. The number of halogens is 1. The van der Waals surface area contributed by atoms with E-state index in [1.54, 1.807) is 6.07 Å². The van der Waals surface area contributed by atoms with E-state index in [4.69, 9.17) is 5.26 Å². The second kappa shape index (κ2) is 6.36. The van der Waals surface area contributed by atoms with Gasteiger partial charge in [0, 0.05) is 12.6 Å². The molecule has 0 fully saturated rings. The largest absolute Gasteiger partial charge is 0.299 e. The summed E-state index contributed by atoms with van der Waals surface area (Å²) in [4.78, 5) is 2.18. The van der Waals surface area contributed by atoms with Crippen LogP contribution in [-0.4, -0.2) is 18.0 Å². The first kappa shape index (κ1) is 13.7. The van der Waals surface area contributed by atoms with E-state index < -0.39 is 0 Å². The summed E-state index contributed by atoms with van der Waals surface area (Å²) >= 11 is 0. The average Bonchev–Trinajstić information content (AvgIpc) is 2.31. The minimum atomic E-state index is -0.281. The molecule has 0 aliphatic rings. The monoisotopic (exact) mass is 234 g/mol. The molecule has 92 valence electrons. The number of benzene rings is 1. The van der Waals surface area contributed by atoms with Gasteiger partial charge >= 0.3 is 0 Å². The molecular formula is C14H19FN2. The normalized spacial score (nSPS) is 10.9. The molecule has 1 rings (SSSR count). The molecule has 0 N–H and O–H groups in total. The van der Waals surface area contributed by atoms with Crippen molar-refractivity contribution >= 4 is 0 Å². The van der Waals surface area contributed by atoms with E-state index >= 15 is 0 Å². The quantitative estimate of drug-likeness (QED) is 0.781. The molecule has 0 bridgehead atoms. The van der Waals surface area contributed by atoms with E-state index in [-0.39, 0.29) is 5.82 Å². The van der Waals surface area contributed by atoms with Crippen molar-refractivity contribution in [2.45, 2.75) is 39.3 Å². The first-order valence-corrected chi connectivity index (χ1v) is 6.01. The van der Waals surface area contributed by atoms with Crippen molar-refractivity contribution in [3.63, 3.8) is 0 Å². The van der Waals surface area contributed by atoms with Crippen LogP contribution in [0.2, 0.25) is 0 Å². The number of nitrogens with zero attached hydrogens (tertiary/aromatic N) is 2. The molecule has 0 spiro atoms. The van der Waals surface area contributed by atoms with Gasteiger partial charge in [-0.15, -0.1) is 0 Å². The van der Waals surface area contributed by atoms with Crippen molar-refractivity contribution in [1.29, 1.82) is 5.26 Å². The summed E-state index contributed by atoms with van der Waals surface area (Å²) in [6.07, 6.45) is 2.12. The fourth-order valence-electron chi connectivity index (χ4n) is 2.11. The third-order valence-corrected chi connectivity index (χ3v) is 3.17. The van der Waals surface area contributed by atoms with E-state index in [2.05, 4.69) is 24.8 Å². The number of nitriles is 1. The Morgan fingerprint density at radius 1 is 1.35 bits per heavy atom. The summed E-state index contributed by atoms with van der Waals surface area (Å²) in [6, 6.07) is 6.92. The van der Waals surface area contributed by atoms with Crippen LogP contribution < -0.4 is 0 Å². The Labute approximate surface area is 103 Å². The van der Waals surface area contributed by atoms with Gasteiger partial charge in [0.2, 0.25) is 0 Å². The lowest BCUT2D eigenvalue weighted by Crippen LogP contribution is -2.30. The second-order valence-corrected chi connectivity index (χ2v) is 4.30. The van der Waals surface area contributed by atoms with E-state index in [0.717, 1.165) is 18.4 Å². The maximum atomic E-state index is 13.2. The SMILES string of the molecule is CCC(CC)N(C)Cc1cc(F)ccc1C#N. The Morgan fingerprint density at radius 3 is 2.53 bits per heavy atom. The molecule has 17 heavy (non-hydrogen) atoms. The molecule has 0 aliphatic heterocycles. The standard InChI is InChI=1S/C14H19FN2/c1-4-14(5-2)17(3)10-12-8-13(15)7-6-11(12)9-16/h6-8,14H,4-5,10H2,1-3H3. The van der Waals surface area contributed by atoms with Crippen molar-refractivity contribution in [3.8, 4) is 6.07 Å². The van der Waals surface area contributed by atoms with Gasteiger partial charge in [-0.05, 0) is 43.7 Å². The van der Waals surface area contributed by atoms with Crippen LogP contribution in [0.5, 0.6) is 0 Å². The predicted octanol–water partition coefficient (Wildman–Crippen LogP) is 3.32. The van der Waals surface area contributed by atoms with E-state index in [9.17, 15) is 4.39 Å². The van der Waals surface area contributed by atoms with Gasteiger partial charge in [-0.25, -0.2) is 4.39 Å². The lowest BCUT2D eigenvalue weighted by atomic mass is 10.1. The Morgan fingerprint density at radius 2 is 2.00 bits per heavy atom. The fourth-order valence-corrected chi connectivity index (χ4v) is 2.11. The van der Waals surface area contributed by atoms with Crippen LogP contribution in [0, 0.1) is 17.1 Å². The maximum absolute atomic E-state index is 13.2. The van der Waals surface area contributed by atoms with Gasteiger partial charge in [-0.1, -0.05) is 13.8 Å². The fraction of sp³-hybridized carbons (Fsp3) is 0.500. The topological polar surface area (TPSA) is 27.0 Å². The Kier molecular flexibility index (Phi) is 5.11. The lowest BCUT2D eigenvalue weighted by Gasteiger charge is -2.26. The molecule has 2 nitrogen and oxygen atoms in total. The molecule has 0 saturated heterocycles. The second-order valence-electron chi connectivity index (χ2n) is 4.30. The van der Waals surface area contributed by atoms with E-state index in [1.165, 1.54) is 12.1 Å². The summed E-state index contributed by atoms with van der Waals surface area (Å²) < 4.78 is 13.2. The van der Waals surface area contributed by atoms with E-state index in [1.807, 2.05) is 7.05 Å². The van der Waals surface area contributed by atoms with Gasteiger partial charge in [0.1, 0.15) is 5.82 Å². The van der Waals surface area contributed by atoms with Crippen LogP contribution in [0.4, 0.5) is 4.39 Å². The average molecular weight is 234 g/mol. The van der Waals surface area contributed by atoms with Gasteiger partial charge in [0.05, 0.1) is 11.6 Å². The van der Waals surface area contributed by atoms with Gasteiger partial charge < -0.3 is 0 Å². The van der Waals surface area contributed by atoms with Crippen molar-refractivity contribution in [3.05, 3.63) is 35.1 Å². The highest BCUT2D eigenvalue weighted by Crippen LogP contribution is 2.16. The molecule has 3 heteroatoms. The maximum Gasteiger partial charge on any atom is 0.123 e. The zero-order valence-corrected chi connectivity index (χ0v) is 10.7. The smallest absolute Gasteiger partial charge is 0.123 e. The molecule has 1 aromatic rings. The first-order valence-electron chi connectivity index (χ1n) is 6.01. The van der Waals surface area contributed by atoms with Crippen LogP contribution in [0.25, 0.3) is 0 Å². The number of hydrogen-bond donors (Lipinski definition) is 0. The molecule has 0 aliphatic carbocycles. The molecule has 0 atom stereocenters. The molecule has 1 aromatic carbocycles. The number of rotatable bonds is 5. The van der Waals surface area contributed by atoms with Crippen molar-refractivity contribution in [1.82, 2.24) is 4.90 Å². The van der Waals surface area contributed by atoms with Gasteiger partial charge in [-0.2, -0.15) is 5.26 Å². The Balaban J connectivity index is 2.87. The highest BCUT2D eigenvalue weighted by atomic mass is 19.1. The first-order chi connectivity index (χ1) is 8.12. The summed E-state index contributed by atoms with van der Waals surface area (Å²) in [5, 5.41) is 8.98. The van der Waals surface area contributed by atoms with Crippen LogP contribution in [0.15, 0.2) is 18.2 Å². The minimum Gasteiger partial charge on any atom is -0.299 e. The van der Waals surface area contributed by atoms with Crippen LogP contribution in [0.3, 0.4) is 0 Å². The zero-order valence-electron chi connectivity index (χ0n) is 10.7. The third kappa shape index (κ3) is 3.54. The van der Waals surface area contributed by atoms with Gasteiger partial charge in [0.15, 0.2) is 0 Å². The predicted molar refractivity (Wildman–Crippen MR) is 67.0 cm³/mol. The summed E-state index contributed by atoms with van der Waals surface area (Å²) in [7, 11) is 2.02. The van der Waals surface area contributed by atoms with Crippen molar-refractivity contribution in [2.24, 2.45) is 0 Å². The Hall–Kier alpha value is -1.40. The van der Waals surface area contributed by atoms with Crippen molar-refractivity contribution < 1.29 is 4.39 Å². The number of hydrogen-bond acceptors (Lipinski definition) is 2. The highest BCUT2D eigenvalue weighted by molar-refractivity contribution is 5.37. The van der Waals surface area contributed by atoms with Crippen LogP contribution in [0.1, 0.15) is 37.8 Å². The van der Waals surface area contributed by atoms with Gasteiger partial charge in [0.25, 0.3) is 0 Å². The lowest BCUT2D eigenvalue weighted by molar-refractivity contribution is 0.221. The highest BCUT2D eigenvalue weighted by Gasteiger charge is 2.13. The molecule has 0 unspecified atom stereocenters. The molecule has 0 radical (unpaired) electrons. The summed E-state index contributed by atoms with van der Waals surface area (Å²) in [5.74, 6) is -0.281. The summed E-state index contributed by atoms with van der Waals surface area (Å²) in [6.45, 7) is 4.90. The molecule has 0 saturated carbocycles. The van der Waals surface area contributed by atoms with Crippen LogP contribution in [-0.2, 0) is 6.54 Å². The van der Waals surface area contributed by atoms with Crippen LogP contribution >= 0.6 is 0 Å². The minimum absolute atomic E-state index is 0.281. The van der Waals surface area contributed by atoms with Crippen molar-refractivity contribution in [2.75, 3.05) is 7.05 Å². The molecule has 0 amide bonds. The third-order valence-electron chi connectivity index (χ3n) is 3.17. The molecule has 0 heterocycles. The van der Waals surface area contributed by atoms with E-state index in [0.29, 0.717) is 18.2 Å².